The summed E-state index contributed by atoms with van der Waals surface area (Å²) in [6, 6.07) is 0. The molecule has 0 aliphatic heterocycles. The van der Waals surface area contributed by atoms with Gasteiger partial charge in [0.15, 0.2) is 0 Å². The molecule has 0 aliphatic rings. The molecule has 0 amide bonds. The summed E-state index contributed by atoms with van der Waals surface area (Å²) in [5.41, 5.74) is 0. The molecule has 4 heavy (non-hydrogen) atoms. The first kappa shape index (κ1) is 24.5. The Kier molecular flexibility index (Phi) is 96.5. The summed E-state index contributed by atoms with van der Waals surface area (Å²) in [5.74, 6) is 0. The second kappa shape index (κ2) is 15.8. The van der Waals surface area contributed by atoms with Crippen molar-refractivity contribution < 1.29 is 0 Å². The molecule has 0 aromatic heterocycles. The molecule has 0 aliphatic carbocycles. The van der Waals surface area contributed by atoms with E-state index in [1.807, 2.05) is 0 Å². The van der Waals surface area contributed by atoms with Gasteiger partial charge in [-0.25, -0.2) is 0 Å². The van der Waals surface area contributed by atoms with Gasteiger partial charge in [0.2, 0.25) is 0 Å². The molecule has 0 bridgehead atoms. The Balaban J connectivity index is 0. The molecule has 0 heterocycles. The van der Waals surface area contributed by atoms with E-state index < -0.39 is 0 Å². The van der Waals surface area contributed by atoms with Crippen LogP contribution < -0.4 is 0 Å². The Morgan fingerprint density at radius 2 is 1.00 bits per heavy atom. The van der Waals surface area contributed by atoms with Crippen LogP contribution in [0.1, 0.15) is 0 Å². The van der Waals surface area contributed by atoms with Gasteiger partial charge in [-0.1, -0.05) is 0 Å². The fourth-order valence-corrected chi connectivity index (χ4v) is 0. The van der Waals surface area contributed by atoms with Crippen LogP contribution in [0, 0.1) is 0 Å². The predicted octanol–water partition coefficient (Wildman–Crippen LogP) is -1.52. The normalized spacial score (nSPS) is 0. The summed E-state index contributed by atoms with van der Waals surface area (Å²) in [6.45, 7) is 0. The quantitative estimate of drug-likeness (QED) is 0.319. The molecule has 0 spiro atoms. The van der Waals surface area contributed by atoms with Crippen molar-refractivity contribution in [2.75, 3.05) is 0 Å². The molecule has 0 N–H and O–H groups in total. The van der Waals surface area contributed by atoms with Crippen molar-refractivity contribution in [1.82, 2.24) is 0 Å². The number of hydrogen-bond acceptors (Lipinski definition) is 0. The van der Waals surface area contributed by atoms with E-state index in [1.54, 1.807) is 0 Å². The van der Waals surface area contributed by atoms with Crippen LogP contribution in [-0.4, -0.2) is 123 Å². The molecule has 0 aromatic rings. The van der Waals surface area contributed by atoms with Crippen LogP contribution in [-0.2, 0) is 0 Å². The van der Waals surface area contributed by atoms with Crippen molar-refractivity contribution in [3.05, 3.63) is 0 Å². The van der Waals surface area contributed by atoms with Gasteiger partial charge in [-0.05, 0) is 0 Å². The second-order valence-electron chi connectivity index (χ2n) is 0. The fraction of sp³-hybridized carbons (Fsp3) is 0. The smallest absolute Gasteiger partial charge is 0 e. The van der Waals surface area contributed by atoms with E-state index in [4.69, 9.17) is 0 Å². The van der Waals surface area contributed by atoms with Gasteiger partial charge in [0.25, 0.3) is 0 Å². The van der Waals surface area contributed by atoms with E-state index in [0.29, 0.717) is 0 Å². The molecule has 0 saturated heterocycles. The summed E-state index contributed by atoms with van der Waals surface area (Å²) in [7, 11) is 0. The zero-order valence-corrected chi connectivity index (χ0v) is 10.2. The van der Waals surface area contributed by atoms with Crippen molar-refractivity contribution in [3.8, 4) is 0 Å². The molecule has 0 fully saturated rings. The molecule has 0 aromatic carbocycles. The molecule has 5 radical (unpaired) electrons. The first-order chi connectivity index (χ1) is 0. The second-order valence-corrected chi connectivity index (χ2v) is 0. The Labute approximate surface area is 119 Å². The molecule has 0 unspecified atom stereocenters. The summed E-state index contributed by atoms with van der Waals surface area (Å²) in [6.07, 6.45) is 0. The number of rotatable bonds is 0. The molecule has 0 rings (SSSR count). The van der Waals surface area contributed by atoms with Crippen molar-refractivity contribution in [2.45, 2.75) is 0 Å². The molecule has 0 saturated carbocycles. The predicted molar refractivity (Wildman–Crippen MR) is 23.0 cm³/mol. The summed E-state index contributed by atoms with van der Waals surface area (Å²) in [5, 5.41) is 0. The monoisotopic (exact) mass is 93.0 g/mol. The SMILES string of the molecule is [K].[Li].[Mg].[Na]. The van der Waals surface area contributed by atoms with Crippen LogP contribution >= 0.6 is 0 Å². The summed E-state index contributed by atoms with van der Waals surface area (Å²) in [4.78, 5) is 0. The largest absolute Gasteiger partial charge is 0 e. The molecule has 5 valence electrons. The van der Waals surface area contributed by atoms with E-state index in [0.717, 1.165) is 0 Å². The first-order valence-electron chi connectivity index (χ1n) is 0. The van der Waals surface area contributed by atoms with Crippen molar-refractivity contribution in [1.29, 1.82) is 0 Å². The Hall–Kier alpha value is 4.00. The zero-order chi connectivity index (χ0) is 0. The Bertz CT molecular complexity index is 8.00. The van der Waals surface area contributed by atoms with Gasteiger partial charge in [-0.2, -0.15) is 0 Å². The third kappa shape index (κ3) is 9.38. The van der Waals surface area contributed by atoms with E-state index >= 15 is 0 Å². The van der Waals surface area contributed by atoms with Crippen LogP contribution in [0.25, 0.3) is 0 Å². The molecule has 4 heteroatoms. The Morgan fingerprint density at radius 3 is 1.00 bits per heavy atom. The van der Waals surface area contributed by atoms with Gasteiger partial charge >= 0.3 is 0 Å². The maximum atomic E-state index is 0. The summed E-state index contributed by atoms with van der Waals surface area (Å²) < 4.78 is 0. The third-order valence-electron chi connectivity index (χ3n) is 0. The van der Waals surface area contributed by atoms with Gasteiger partial charge in [-0.15, -0.1) is 0 Å². The fourth-order valence-electron chi connectivity index (χ4n) is 0. The van der Waals surface area contributed by atoms with Crippen molar-refractivity contribution >= 4 is 123 Å². The van der Waals surface area contributed by atoms with Crippen LogP contribution in [0.4, 0.5) is 0 Å². The standard InChI is InChI=1S/K.Li.Mg.Na. The van der Waals surface area contributed by atoms with E-state index in [1.165, 1.54) is 0 Å². The maximum Gasteiger partial charge on any atom is 0 e. The van der Waals surface area contributed by atoms with Gasteiger partial charge in [-0.3, -0.25) is 0 Å². The maximum absolute atomic E-state index is 0. The summed E-state index contributed by atoms with van der Waals surface area (Å²) >= 11 is 0. The van der Waals surface area contributed by atoms with Gasteiger partial charge in [0, 0.05) is 123 Å². The topological polar surface area (TPSA) is 0 Å². The number of hydrogen-bond donors (Lipinski definition) is 0. The average Bonchev–Trinajstić information content (AvgIpc) is 0. The minimum absolute atomic E-state index is 0. The molecule has 0 atom stereocenters. The Morgan fingerprint density at radius 1 is 1.00 bits per heavy atom. The zero-order valence-electron chi connectivity index (χ0n) is 3.71. The molecule has 0 nitrogen and oxygen atoms in total. The average molecular weight is 93.3 g/mol. The first-order valence-corrected chi connectivity index (χ1v) is 0. The van der Waals surface area contributed by atoms with Crippen molar-refractivity contribution in [3.63, 3.8) is 0 Å². The van der Waals surface area contributed by atoms with E-state index in [2.05, 4.69) is 0 Å². The van der Waals surface area contributed by atoms with Crippen LogP contribution in [0.3, 0.4) is 0 Å². The van der Waals surface area contributed by atoms with E-state index in [-0.39, 0.29) is 123 Å². The van der Waals surface area contributed by atoms with Gasteiger partial charge in [0.1, 0.15) is 0 Å². The van der Waals surface area contributed by atoms with Crippen molar-refractivity contribution in [2.24, 2.45) is 0 Å². The molecular weight excluding hydrogens is 93.3 g/mol. The van der Waals surface area contributed by atoms with Crippen LogP contribution in [0.5, 0.6) is 0 Å². The minimum Gasteiger partial charge on any atom is 0 e. The van der Waals surface area contributed by atoms with Gasteiger partial charge in [0.05, 0.1) is 0 Å². The minimum atomic E-state index is 0. The van der Waals surface area contributed by atoms with E-state index in [9.17, 15) is 0 Å². The van der Waals surface area contributed by atoms with Gasteiger partial charge < -0.3 is 0 Å². The molecular formula is KLiMgNa. The van der Waals surface area contributed by atoms with Crippen LogP contribution in [0.2, 0.25) is 0 Å². The van der Waals surface area contributed by atoms with Crippen LogP contribution in [0.15, 0.2) is 0 Å². The third-order valence-corrected chi connectivity index (χ3v) is 0.